The number of rotatable bonds is 4. The summed E-state index contributed by atoms with van der Waals surface area (Å²) in [6.07, 6.45) is 9.42. The first-order valence-corrected chi connectivity index (χ1v) is 5.96. The van der Waals surface area contributed by atoms with Crippen molar-refractivity contribution in [2.75, 3.05) is 0 Å². The van der Waals surface area contributed by atoms with Crippen LogP contribution in [-0.2, 0) is 0 Å². The summed E-state index contributed by atoms with van der Waals surface area (Å²) in [5.74, 6) is 0.541. The Morgan fingerprint density at radius 3 is 2.75 bits per heavy atom. The van der Waals surface area contributed by atoms with Gasteiger partial charge in [-0.2, -0.15) is 0 Å². The van der Waals surface area contributed by atoms with Crippen molar-refractivity contribution in [3.8, 4) is 0 Å². The molecule has 16 heavy (non-hydrogen) atoms. The molecule has 1 atom stereocenters. The van der Waals surface area contributed by atoms with Gasteiger partial charge in [0.1, 0.15) is 5.83 Å². The minimum atomic E-state index is -0.217. The lowest BCUT2D eigenvalue weighted by Crippen LogP contribution is -2.00. The van der Waals surface area contributed by atoms with E-state index in [1.807, 2.05) is 0 Å². The molecule has 0 radical (unpaired) electrons. The molecule has 0 unspecified atom stereocenters. The van der Waals surface area contributed by atoms with Crippen molar-refractivity contribution in [1.82, 2.24) is 0 Å². The van der Waals surface area contributed by atoms with E-state index >= 15 is 0 Å². The Kier molecular flexibility index (Phi) is 3.37. The second kappa shape index (κ2) is 4.77. The van der Waals surface area contributed by atoms with Gasteiger partial charge in [0.15, 0.2) is 0 Å². The molecule has 0 bridgehead atoms. The van der Waals surface area contributed by atoms with Gasteiger partial charge in [0, 0.05) is 5.71 Å². The van der Waals surface area contributed by atoms with Crippen LogP contribution in [0.2, 0.25) is 0 Å². The van der Waals surface area contributed by atoms with E-state index in [1.54, 1.807) is 13.0 Å². The molecule has 0 aromatic rings. The molecule has 0 amide bonds. The Balaban J connectivity index is 1.93. The predicted molar refractivity (Wildman–Crippen MR) is 66.3 cm³/mol. The largest absolute Gasteiger partial charge is 0.286 e. The lowest BCUT2D eigenvalue weighted by molar-refractivity contribution is 0.664. The molecule has 0 N–H and O–H groups in total. The fourth-order valence-electron chi connectivity index (χ4n) is 2.00. The first kappa shape index (κ1) is 11.3. The number of hydrogen-bond acceptors (Lipinski definition) is 1. The highest BCUT2D eigenvalue weighted by atomic mass is 19.1. The van der Waals surface area contributed by atoms with Crippen molar-refractivity contribution < 1.29 is 4.39 Å². The van der Waals surface area contributed by atoms with Crippen molar-refractivity contribution >= 4 is 5.71 Å². The van der Waals surface area contributed by atoms with Crippen LogP contribution in [-0.4, -0.2) is 11.8 Å². The van der Waals surface area contributed by atoms with Crippen LogP contribution in [0.3, 0.4) is 0 Å². The molecule has 0 saturated heterocycles. The van der Waals surface area contributed by atoms with Gasteiger partial charge in [-0.3, -0.25) is 4.99 Å². The van der Waals surface area contributed by atoms with Crippen LogP contribution in [0.15, 0.2) is 41.2 Å². The third-order valence-electron chi connectivity index (χ3n) is 3.20. The summed E-state index contributed by atoms with van der Waals surface area (Å²) < 4.78 is 12.9. The number of allylic oxidation sites excluding steroid dienone is 3. The van der Waals surface area contributed by atoms with E-state index in [9.17, 15) is 4.39 Å². The van der Waals surface area contributed by atoms with Crippen LogP contribution < -0.4 is 0 Å². The molecule has 2 rings (SSSR count). The quantitative estimate of drug-likeness (QED) is 0.634. The highest BCUT2D eigenvalue weighted by Gasteiger charge is 2.31. The molecular weight excluding hydrogens is 201 g/mol. The number of halogens is 1. The summed E-state index contributed by atoms with van der Waals surface area (Å²) in [7, 11) is 0. The average Bonchev–Trinajstić information content (AvgIpc) is 3.03. The molecule has 1 aliphatic heterocycles. The van der Waals surface area contributed by atoms with Gasteiger partial charge >= 0.3 is 0 Å². The van der Waals surface area contributed by atoms with Crippen LogP contribution in [0, 0.1) is 5.92 Å². The minimum absolute atomic E-state index is 0.191. The van der Waals surface area contributed by atoms with Crippen molar-refractivity contribution in [3.63, 3.8) is 0 Å². The molecule has 1 fully saturated rings. The fourth-order valence-corrected chi connectivity index (χ4v) is 2.00. The molecule has 0 aromatic heterocycles. The van der Waals surface area contributed by atoms with Gasteiger partial charge < -0.3 is 0 Å². The highest BCUT2D eigenvalue weighted by Crippen LogP contribution is 2.36. The van der Waals surface area contributed by atoms with Gasteiger partial charge in [-0.25, -0.2) is 4.39 Å². The van der Waals surface area contributed by atoms with E-state index in [0.717, 1.165) is 24.3 Å². The summed E-state index contributed by atoms with van der Waals surface area (Å²) in [5.41, 5.74) is 2.29. The van der Waals surface area contributed by atoms with Gasteiger partial charge in [-0.05, 0) is 50.2 Å². The maximum absolute atomic E-state index is 12.9. The Labute approximate surface area is 96.5 Å². The summed E-state index contributed by atoms with van der Waals surface area (Å²) in [6, 6.07) is 0.191. The second-order valence-electron chi connectivity index (χ2n) is 4.53. The van der Waals surface area contributed by atoms with Crippen molar-refractivity contribution in [3.05, 3.63) is 36.2 Å². The van der Waals surface area contributed by atoms with E-state index in [2.05, 4.69) is 11.6 Å². The SMILES string of the molecule is C=C(/C=C\C(F)=C/C)[C@@H]1CCC(C2CC2)=N1. The first-order chi connectivity index (χ1) is 7.70. The Hall–Kier alpha value is -1.18. The smallest absolute Gasteiger partial charge is 0.118 e. The summed E-state index contributed by atoms with van der Waals surface area (Å²) in [4.78, 5) is 4.68. The Morgan fingerprint density at radius 2 is 2.12 bits per heavy atom. The van der Waals surface area contributed by atoms with Crippen molar-refractivity contribution in [2.45, 2.75) is 38.6 Å². The molecule has 1 heterocycles. The zero-order chi connectivity index (χ0) is 11.5. The van der Waals surface area contributed by atoms with E-state index in [-0.39, 0.29) is 11.9 Å². The van der Waals surface area contributed by atoms with Gasteiger partial charge in [0.05, 0.1) is 6.04 Å². The zero-order valence-corrected chi connectivity index (χ0v) is 9.75. The van der Waals surface area contributed by atoms with Crippen LogP contribution >= 0.6 is 0 Å². The van der Waals surface area contributed by atoms with Crippen molar-refractivity contribution in [2.24, 2.45) is 10.9 Å². The van der Waals surface area contributed by atoms with E-state index in [0.29, 0.717) is 0 Å². The van der Waals surface area contributed by atoms with Gasteiger partial charge in [0.2, 0.25) is 0 Å². The Bertz CT molecular complexity index is 372. The van der Waals surface area contributed by atoms with Crippen LogP contribution in [0.4, 0.5) is 4.39 Å². The molecule has 1 saturated carbocycles. The number of nitrogens with zero attached hydrogens (tertiary/aromatic N) is 1. The standard InChI is InChI=1S/C14H18FN/c1-3-12(15)7-4-10(2)13-8-9-14(16-13)11-5-6-11/h3-4,7,11,13H,2,5-6,8-9H2,1H3/b7-4-,12-3+/t13-/m0/s1. The van der Waals surface area contributed by atoms with Crippen molar-refractivity contribution in [1.29, 1.82) is 0 Å². The third kappa shape index (κ3) is 2.69. The monoisotopic (exact) mass is 219 g/mol. The first-order valence-electron chi connectivity index (χ1n) is 5.96. The summed E-state index contributed by atoms with van der Waals surface area (Å²) in [6.45, 7) is 5.65. The molecule has 86 valence electrons. The lowest BCUT2D eigenvalue weighted by Gasteiger charge is -2.05. The fraction of sp³-hybridized carbons (Fsp3) is 0.500. The third-order valence-corrected chi connectivity index (χ3v) is 3.20. The van der Waals surface area contributed by atoms with E-state index < -0.39 is 0 Å². The maximum atomic E-state index is 12.9. The van der Waals surface area contributed by atoms with E-state index in [1.165, 1.54) is 30.7 Å². The van der Waals surface area contributed by atoms with Gasteiger partial charge in [-0.15, -0.1) is 0 Å². The highest BCUT2D eigenvalue weighted by molar-refractivity contribution is 5.90. The van der Waals surface area contributed by atoms with E-state index in [4.69, 9.17) is 0 Å². The lowest BCUT2D eigenvalue weighted by atomic mass is 10.1. The number of aliphatic imine (C=N–C) groups is 1. The molecule has 0 aromatic carbocycles. The summed E-state index contributed by atoms with van der Waals surface area (Å²) in [5, 5.41) is 0. The topological polar surface area (TPSA) is 12.4 Å². The zero-order valence-electron chi connectivity index (χ0n) is 9.75. The van der Waals surface area contributed by atoms with Crippen LogP contribution in [0.1, 0.15) is 32.6 Å². The maximum Gasteiger partial charge on any atom is 0.118 e. The Morgan fingerprint density at radius 1 is 1.38 bits per heavy atom. The minimum Gasteiger partial charge on any atom is -0.286 e. The normalized spacial score (nSPS) is 26.2. The molecule has 2 aliphatic rings. The summed E-state index contributed by atoms with van der Waals surface area (Å²) >= 11 is 0. The molecule has 1 aliphatic carbocycles. The molecular formula is C14H18FN. The second-order valence-corrected chi connectivity index (χ2v) is 4.53. The van der Waals surface area contributed by atoms with Gasteiger partial charge in [0.25, 0.3) is 0 Å². The van der Waals surface area contributed by atoms with Crippen LogP contribution in [0.5, 0.6) is 0 Å². The molecule has 0 spiro atoms. The average molecular weight is 219 g/mol. The van der Waals surface area contributed by atoms with Crippen LogP contribution in [0.25, 0.3) is 0 Å². The predicted octanol–water partition coefficient (Wildman–Crippen LogP) is 3.99. The van der Waals surface area contributed by atoms with Gasteiger partial charge in [-0.1, -0.05) is 18.7 Å². The number of hydrogen-bond donors (Lipinski definition) is 0. The molecule has 1 nitrogen and oxygen atoms in total. The molecule has 2 heteroatoms.